The summed E-state index contributed by atoms with van der Waals surface area (Å²) in [5.74, 6) is 1.31. The normalized spacial score (nSPS) is 22.6. The van der Waals surface area contributed by atoms with Crippen LogP contribution in [0.3, 0.4) is 0 Å². The number of benzene rings is 1. The molecule has 5 heteroatoms. The Hall–Kier alpha value is -1.59. The lowest BCUT2D eigenvalue weighted by atomic mass is 9.78. The zero-order valence-electron chi connectivity index (χ0n) is 17.4. The second kappa shape index (κ2) is 10.7. The maximum absolute atomic E-state index is 13.0. The van der Waals surface area contributed by atoms with Crippen molar-refractivity contribution >= 4 is 11.6 Å². The predicted octanol–water partition coefficient (Wildman–Crippen LogP) is 4.33. The number of amides is 1. The van der Waals surface area contributed by atoms with E-state index in [9.17, 15) is 4.79 Å². The monoisotopic (exact) mass is 376 g/mol. The molecule has 0 aliphatic heterocycles. The molecule has 1 amide bonds. The van der Waals surface area contributed by atoms with Crippen LogP contribution in [0.5, 0.6) is 5.75 Å². The van der Waals surface area contributed by atoms with E-state index in [1.165, 1.54) is 6.42 Å². The van der Waals surface area contributed by atoms with E-state index in [1.54, 1.807) is 0 Å². The second-order valence-corrected chi connectivity index (χ2v) is 7.48. The van der Waals surface area contributed by atoms with Crippen LogP contribution in [0.2, 0.25) is 0 Å². The number of ether oxygens (including phenoxy) is 2. The van der Waals surface area contributed by atoms with Gasteiger partial charge in [-0.15, -0.1) is 0 Å². The van der Waals surface area contributed by atoms with Crippen molar-refractivity contribution in [3.05, 3.63) is 24.3 Å². The Balaban J connectivity index is 1.91. The SMILES string of the molecule is CCO[C@@]1(C(=O)Nc2ccc(OCCN(CC)CC)cc2)CCC[C@@H](C)C1. The van der Waals surface area contributed by atoms with Gasteiger partial charge in [-0.25, -0.2) is 0 Å². The molecule has 152 valence electrons. The highest BCUT2D eigenvalue weighted by atomic mass is 16.5. The molecule has 0 aromatic heterocycles. The first kappa shape index (κ1) is 21.7. The molecule has 0 saturated heterocycles. The Labute approximate surface area is 164 Å². The Morgan fingerprint density at radius 2 is 1.93 bits per heavy atom. The van der Waals surface area contributed by atoms with Crippen LogP contribution in [0.15, 0.2) is 24.3 Å². The molecular formula is C22H36N2O3. The summed E-state index contributed by atoms with van der Waals surface area (Å²) in [5.41, 5.74) is 0.0964. The van der Waals surface area contributed by atoms with Crippen LogP contribution in [-0.4, -0.2) is 49.3 Å². The average Bonchev–Trinajstić information content (AvgIpc) is 2.67. The first-order valence-corrected chi connectivity index (χ1v) is 10.4. The first-order valence-electron chi connectivity index (χ1n) is 10.4. The van der Waals surface area contributed by atoms with Crippen molar-refractivity contribution in [2.24, 2.45) is 5.92 Å². The van der Waals surface area contributed by atoms with Crippen molar-refractivity contribution in [2.45, 2.75) is 59.0 Å². The van der Waals surface area contributed by atoms with E-state index >= 15 is 0 Å². The molecule has 0 unspecified atom stereocenters. The molecule has 0 bridgehead atoms. The first-order chi connectivity index (χ1) is 13.0. The Kier molecular flexibility index (Phi) is 8.58. The molecule has 1 aliphatic carbocycles. The van der Waals surface area contributed by atoms with Gasteiger partial charge in [0.15, 0.2) is 0 Å². The maximum atomic E-state index is 13.0. The van der Waals surface area contributed by atoms with Crippen molar-refractivity contribution in [1.82, 2.24) is 4.90 Å². The summed E-state index contributed by atoms with van der Waals surface area (Å²) in [7, 11) is 0. The number of carbonyl (C=O) groups excluding carboxylic acids is 1. The number of carbonyl (C=O) groups is 1. The molecule has 1 aromatic carbocycles. The van der Waals surface area contributed by atoms with Crippen LogP contribution in [0.25, 0.3) is 0 Å². The van der Waals surface area contributed by atoms with Crippen LogP contribution in [0.4, 0.5) is 5.69 Å². The van der Waals surface area contributed by atoms with Gasteiger partial charge in [-0.3, -0.25) is 4.79 Å². The third-order valence-electron chi connectivity index (χ3n) is 5.47. The Morgan fingerprint density at radius 3 is 2.52 bits per heavy atom. The lowest BCUT2D eigenvalue weighted by Crippen LogP contribution is -2.48. The summed E-state index contributed by atoms with van der Waals surface area (Å²) in [6, 6.07) is 7.62. The van der Waals surface area contributed by atoms with Gasteiger partial charge in [0, 0.05) is 18.8 Å². The van der Waals surface area contributed by atoms with E-state index < -0.39 is 5.60 Å². The maximum Gasteiger partial charge on any atom is 0.256 e. The van der Waals surface area contributed by atoms with Gasteiger partial charge in [0.1, 0.15) is 18.0 Å². The number of hydrogen-bond donors (Lipinski definition) is 1. The van der Waals surface area contributed by atoms with E-state index in [1.807, 2.05) is 31.2 Å². The van der Waals surface area contributed by atoms with Crippen LogP contribution >= 0.6 is 0 Å². The quantitative estimate of drug-likeness (QED) is 0.660. The molecule has 0 radical (unpaired) electrons. The Morgan fingerprint density at radius 1 is 1.22 bits per heavy atom. The lowest BCUT2D eigenvalue weighted by molar-refractivity contribution is -0.147. The molecule has 5 nitrogen and oxygen atoms in total. The highest BCUT2D eigenvalue weighted by Gasteiger charge is 2.42. The summed E-state index contributed by atoms with van der Waals surface area (Å²) in [6.07, 6.45) is 3.79. The molecule has 2 atom stereocenters. The Bertz CT molecular complexity index is 567. The summed E-state index contributed by atoms with van der Waals surface area (Å²) < 4.78 is 11.8. The summed E-state index contributed by atoms with van der Waals surface area (Å²) >= 11 is 0. The highest BCUT2D eigenvalue weighted by molar-refractivity contribution is 5.97. The van der Waals surface area contributed by atoms with Crippen molar-refractivity contribution in [3.63, 3.8) is 0 Å². The van der Waals surface area contributed by atoms with E-state index in [-0.39, 0.29) is 5.91 Å². The molecule has 0 spiro atoms. The second-order valence-electron chi connectivity index (χ2n) is 7.48. The topological polar surface area (TPSA) is 50.8 Å². The van der Waals surface area contributed by atoms with E-state index in [0.717, 1.165) is 50.3 Å². The molecule has 2 rings (SSSR count). The van der Waals surface area contributed by atoms with Crippen LogP contribution in [0, 0.1) is 5.92 Å². The third kappa shape index (κ3) is 6.22. The fourth-order valence-electron chi connectivity index (χ4n) is 3.89. The number of nitrogens with zero attached hydrogens (tertiary/aromatic N) is 1. The number of hydrogen-bond acceptors (Lipinski definition) is 4. The molecular weight excluding hydrogens is 340 g/mol. The summed E-state index contributed by atoms with van der Waals surface area (Å²) in [5, 5.41) is 3.05. The fraction of sp³-hybridized carbons (Fsp3) is 0.682. The van der Waals surface area contributed by atoms with E-state index in [4.69, 9.17) is 9.47 Å². The molecule has 0 heterocycles. The minimum absolute atomic E-state index is 0.0221. The zero-order chi connectivity index (χ0) is 19.7. The zero-order valence-corrected chi connectivity index (χ0v) is 17.4. The van der Waals surface area contributed by atoms with Gasteiger partial charge < -0.3 is 19.7 Å². The fourth-order valence-corrected chi connectivity index (χ4v) is 3.89. The molecule has 1 N–H and O–H groups in total. The lowest BCUT2D eigenvalue weighted by Gasteiger charge is -2.38. The highest BCUT2D eigenvalue weighted by Crippen LogP contribution is 2.36. The van der Waals surface area contributed by atoms with Gasteiger partial charge in [-0.05, 0) is 69.5 Å². The van der Waals surface area contributed by atoms with Crippen molar-refractivity contribution in [2.75, 3.05) is 38.2 Å². The molecule has 1 fully saturated rings. The van der Waals surface area contributed by atoms with Gasteiger partial charge in [-0.1, -0.05) is 27.2 Å². The van der Waals surface area contributed by atoms with Gasteiger partial charge >= 0.3 is 0 Å². The summed E-state index contributed by atoms with van der Waals surface area (Å²) in [4.78, 5) is 15.3. The minimum atomic E-state index is -0.689. The van der Waals surface area contributed by atoms with Crippen molar-refractivity contribution in [3.8, 4) is 5.75 Å². The number of likely N-dealkylation sites (N-methyl/N-ethyl adjacent to an activating group) is 1. The van der Waals surface area contributed by atoms with Crippen molar-refractivity contribution < 1.29 is 14.3 Å². The average molecular weight is 377 g/mol. The van der Waals surface area contributed by atoms with Gasteiger partial charge in [0.05, 0.1) is 0 Å². The predicted molar refractivity (Wildman–Crippen MR) is 110 cm³/mol. The van der Waals surface area contributed by atoms with Crippen LogP contribution in [0.1, 0.15) is 53.4 Å². The molecule has 1 aliphatic rings. The van der Waals surface area contributed by atoms with Gasteiger partial charge in [-0.2, -0.15) is 0 Å². The summed E-state index contributed by atoms with van der Waals surface area (Å²) in [6.45, 7) is 12.7. The molecule has 1 aromatic rings. The molecule has 1 saturated carbocycles. The van der Waals surface area contributed by atoms with E-state index in [0.29, 0.717) is 19.1 Å². The van der Waals surface area contributed by atoms with Crippen LogP contribution in [-0.2, 0) is 9.53 Å². The third-order valence-corrected chi connectivity index (χ3v) is 5.47. The van der Waals surface area contributed by atoms with Gasteiger partial charge in [0.2, 0.25) is 0 Å². The molecule has 27 heavy (non-hydrogen) atoms. The standard InChI is InChI=1S/C22H36N2O3/c1-5-24(6-2)15-16-26-20-12-10-19(11-13-20)23-21(25)22(27-7-3)14-8-9-18(4)17-22/h10-13,18H,5-9,14-17H2,1-4H3,(H,23,25)/t18-,22+/m1/s1. The largest absolute Gasteiger partial charge is 0.492 e. The number of nitrogens with one attached hydrogen (secondary N) is 1. The smallest absolute Gasteiger partial charge is 0.256 e. The van der Waals surface area contributed by atoms with Gasteiger partial charge in [0.25, 0.3) is 5.91 Å². The number of anilines is 1. The number of rotatable bonds is 10. The van der Waals surface area contributed by atoms with Crippen molar-refractivity contribution in [1.29, 1.82) is 0 Å². The van der Waals surface area contributed by atoms with Crippen LogP contribution < -0.4 is 10.1 Å². The van der Waals surface area contributed by atoms with E-state index in [2.05, 4.69) is 31.0 Å². The minimum Gasteiger partial charge on any atom is -0.492 e.